The molecule has 0 atom stereocenters. The summed E-state index contributed by atoms with van der Waals surface area (Å²) in [5, 5.41) is 1.85. The van der Waals surface area contributed by atoms with Crippen LogP contribution in [-0.4, -0.2) is 15.0 Å². The van der Waals surface area contributed by atoms with Crippen LogP contribution in [0.15, 0.2) is 59.4 Å². The molecule has 0 aliphatic carbocycles. The highest BCUT2D eigenvalue weighted by molar-refractivity contribution is 6.31. The standard InChI is InChI=1S/C19H12Cl2N4O/c20-12-5-1-10(2-6-12)14-9-15(11-3-7-13(21)8-4-11)23-18-16(14)17(22)24-19(26)25-18/h1-9H,(H3,22,23,24,25,26). The molecule has 0 spiro atoms. The van der Waals surface area contributed by atoms with E-state index < -0.39 is 5.69 Å². The van der Waals surface area contributed by atoms with E-state index in [1.54, 1.807) is 24.3 Å². The van der Waals surface area contributed by atoms with E-state index in [1.807, 2.05) is 30.3 Å². The quantitative estimate of drug-likeness (QED) is 0.532. The number of nitrogens with one attached hydrogen (secondary N) is 1. The molecule has 3 N–H and O–H groups in total. The van der Waals surface area contributed by atoms with Crippen molar-refractivity contribution in [1.29, 1.82) is 0 Å². The number of hydrogen-bond acceptors (Lipinski definition) is 4. The summed E-state index contributed by atoms with van der Waals surface area (Å²) >= 11 is 12.0. The van der Waals surface area contributed by atoms with Crippen LogP contribution >= 0.6 is 23.2 Å². The highest BCUT2D eigenvalue weighted by Crippen LogP contribution is 2.34. The lowest BCUT2D eigenvalue weighted by Crippen LogP contribution is -2.14. The molecule has 0 amide bonds. The monoisotopic (exact) mass is 382 g/mol. The minimum absolute atomic E-state index is 0.222. The molecule has 0 saturated carbocycles. The van der Waals surface area contributed by atoms with Crippen molar-refractivity contribution < 1.29 is 0 Å². The zero-order chi connectivity index (χ0) is 18.3. The van der Waals surface area contributed by atoms with Gasteiger partial charge in [0.15, 0.2) is 5.65 Å². The molecule has 0 aliphatic rings. The van der Waals surface area contributed by atoms with Gasteiger partial charge in [-0.3, -0.25) is 4.98 Å². The largest absolute Gasteiger partial charge is 0.385 e. The van der Waals surface area contributed by atoms with Gasteiger partial charge in [0.1, 0.15) is 5.82 Å². The van der Waals surface area contributed by atoms with Gasteiger partial charge in [0, 0.05) is 15.6 Å². The van der Waals surface area contributed by atoms with Crippen molar-refractivity contribution in [2.45, 2.75) is 0 Å². The third-order valence-electron chi connectivity index (χ3n) is 4.01. The maximum absolute atomic E-state index is 11.8. The molecule has 0 unspecified atom stereocenters. The van der Waals surface area contributed by atoms with Gasteiger partial charge >= 0.3 is 5.69 Å². The van der Waals surface area contributed by atoms with Crippen molar-refractivity contribution in [3.8, 4) is 22.4 Å². The molecule has 4 aromatic rings. The number of hydrogen-bond donors (Lipinski definition) is 2. The second-order valence-electron chi connectivity index (χ2n) is 5.72. The molecule has 2 aromatic heterocycles. The van der Waals surface area contributed by atoms with Crippen LogP contribution in [0.5, 0.6) is 0 Å². The molecular formula is C19H12Cl2N4O. The van der Waals surface area contributed by atoms with Crippen molar-refractivity contribution in [3.63, 3.8) is 0 Å². The SMILES string of the molecule is Nc1[nH]c(=O)nc2nc(-c3ccc(Cl)cc3)cc(-c3ccc(Cl)cc3)c12. The Labute approximate surface area is 158 Å². The molecule has 4 rings (SSSR count). The van der Waals surface area contributed by atoms with E-state index in [9.17, 15) is 4.79 Å². The Morgan fingerprint density at radius 2 is 1.42 bits per heavy atom. The van der Waals surface area contributed by atoms with Crippen LogP contribution in [0.3, 0.4) is 0 Å². The minimum Gasteiger partial charge on any atom is -0.385 e. The van der Waals surface area contributed by atoms with E-state index in [1.165, 1.54) is 0 Å². The highest BCUT2D eigenvalue weighted by Gasteiger charge is 2.14. The van der Waals surface area contributed by atoms with E-state index in [4.69, 9.17) is 28.9 Å². The maximum Gasteiger partial charge on any atom is 0.348 e. The number of rotatable bonds is 2. The first kappa shape index (κ1) is 16.6. The predicted octanol–water partition coefficient (Wildman–Crippen LogP) is 4.54. The fraction of sp³-hybridized carbons (Fsp3) is 0. The van der Waals surface area contributed by atoms with E-state index in [0.29, 0.717) is 21.1 Å². The van der Waals surface area contributed by atoms with Crippen LogP contribution in [0.25, 0.3) is 33.4 Å². The fourth-order valence-electron chi connectivity index (χ4n) is 2.81. The molecule has 0 aliphatic heterocycles. The van der Waals surface area contributed by atoms with Crippen LogP contribution < -0.4 is 11.4 Å². The molecule has 0 fully saturated rings. The summed E-state index contributed by atoms with van der Waals surface area (Å²) in [6, 6.07) is 16.5. The third-order valence-corrected chi connectivity index (χ3v) is 4.52. The Morgan fingerprint density at radius 3 is 2.04 bits per heavy atom. The van der Waals surface area contributed by atoms with Gasteiger partial charge < -0.3 is 5.73 Å². The number of nitrogens with two attached hydrogens (primary N) is 1. The summed E-state index contributed by atoms with van der Waals surface area (Å²) in [7, 11) is 0. The second kappa shape index (κ2) is 6.44. The van der Waals surface area contributed by atoms with Crippen LogP contribution in [0.4, 0.5) is 5.82 Å². The normalized spacial score (nSPS) is 11.0. The summed E-state index contributed by atoms with van der Waals surface area (Å²) in [4.78, 5) is 22.8. The molecule has 0 radical (unpaired) electrons. The Bertz CT molecular complexity index is 1170. The van der Waals surface area contributed by atoms with Crippen molar-refractivity contribution in [2.75, 3.05) is 5.73 Å². The Kier molecular flexibility index (Phi) is 4.11. The number of pyridine rings is 1. The number of benzene rings is 2. The summed E-state index contributed by atoms with van der Waals surface area (Å²) in [6.07, 6.45) is 0. The second-order valence-corrected chi connectivity index (χ2v) is 6.60. The van der Waals surface area contributed by atoms with E-state index in [-0.39, 0.29) is 11.5 Å². The van der Waals surface area contributed by atoms with Crippen LogP contribution in [0, 0.1) is 0 Å². The van der Waals surface area contributed by atoms with Crippen LogP contribution in [0.1, 0.15) is 0 Å². The summed E-state index contributed by atoms with van der Waals surface area (Å²) in [5.41, 5.74) is 9.00. The molecule has 2 heterocycles. The number of anilines is 1. The summed E-state index contributed by atoms with van der Waals surface area (Å²) in [5.74, 6) is 0.222. The van der Waals surface area contributed by atoms with Crippen molar-refractivity contribution in [3.05, 3.63) is 75.1 Å². The maximum atomic E-state index is 11.8. The van der Waals surface area contributed by atoms with Gasteiger partial charge in [-0.05, 0) is 41.5 Å². The van der Waals surface area contributed by atoms with Crippen LogP contribution in [-0.2, 0) is 0 Å². The number of fused-ring (bicyclic) bond motifs is 1. The molecule has 0 saturated heterocycles. The number of nitrogen functional groups attached to an aromatic ring is 1. The van der Waals surface area contributed by atoms with Gasteiger partial charge in [0.2, 0.25) is 0 Å². The smallest absolute Gasteiger partial charge is 0.348 e. The third kappa shape index (κ3) is 3.03. The number of aromatic nitrogens is 3. The topological polar surface area (TPSA) is 84.7 Å². The zero-order valence-electron chi connectivity index (χ0n) is 13.3. The first-order chi connectivity index (χ1) is 12.5. The Morgan fingerprint density at radius 1 is 0.846 bits per heavy atom. The van der Waals surface area contributed by atoms with Gasteiger partial charge in [0.25, 0.3) is 0 Å². The average Bonchev–Trinajstić information content (AvgIpc) is 2.61. The van der Waals surface area contributed by atoms with Gasteiger partial charge in [0.05, 0.1) is 11.1 Å². The molecule has 0 bridgehead atoms. The van der Waals surface area contributed by atoms with E-state index in [2.05, 4.69) is 15.0 Å². The van der Waals surface area contributed by atoms with Gasteiger partial charge in [-0.15, -0.1) is 0 Å². The van der Waals surface area contributed by atoms with Crippen molar-refractivity contribution in [1.82, 2.24) is 15.0 Å². The lowest BCUT2D eigenvalue weighted by molar-refractivity contribution is 1.10. The Balaban J connectivity index is 2.05. The number of halogens is 2. The van der Waals surface area contributed by atoms with Crippen LogP contribution in [0.2, 0.25) is 10.0 Å². The molecular weight excluding hydrogens is 371 g/mol. The summed E-state index contributed by atoms with van der Waals surface area (Å²) < 4.78 is 0. The molecule has 5 nitrogen and oxygen atoms in total. The number of nitrogens with zero attached hydrogens (tertiary/aromatic N) is 2. The van der Waals surface area contributed by atoms with Gasteiger partial charge in [-0.1, -0.05) is 47.5 Å². The predicted molar refractivity (Wildman–Crippen MR) is 105 cm³/mol. The zero-order valence-corrected chi connectivity index (χ0v) is 14.8. The fourth-order valence-corrected chi connectivity index (χ4v) is 3.06. The number of H-pyrrole nitrogens is 1. The highest BCUT2D eigenvalue weighted by atomic mass is 35.5. The average molecular weight is 383 g/mol. The lowest BCUT2D eigenvalue weighted by atomic mass is 10.00. The lowest BCUT2D eigenvalue weighted by Gasteiger charge is -2.11. The van der Waals surface area contributed by atoms with Gasteiger partial charge in [-0.2, -0.15) is 4.98 Å². The first-order valence-electron chi connectivity index (χ1n) is 7.74. The van der Waals surface area contributed by atoms with E-state index >= 15 is 0 Å². The van der Waals surface area contributed by atoms with Crippen molar-refractivity contribution in [2.24, 2.45) is 0 Å². The first-order valence-corrected chi connectivity index (χ1v) is 8.49. The Hall–Kier alpha value is -2.89. The molecule has 128 valence electrons. The van der Waals surface area contributed by atoms with Crippen molar-refractivity contribution >= 4 is 40.1 Å². The summed E-state index contributed by atoms with van der Waals surface area (Å²) in [6.45, 7) is 0. The van der Waals surface area contributed by atoms with E-state index in [0.717, 1.165) is 16.7 Å². The molecule has 7 heteroatoms. The number of aromatic amines is 1. The minimum atomic E-state index is -0.544. The molecule has 26 heavy (non-hydrogen) atoms. The molecule has 2 aromatic carbocycles. The van der Waals surface area contributed by atoms with Gasteiger partial charge in [-0.25, -0.2) is 9.78 Å².